The Balaban J connectivity index is 1.39. The van der Waals surface area contributed by atoms with Crippen molar-refractivity contribution < 1.29 is 4.74 Å². The van der Waals surface area contributed by atoms with Crippen molar-refractivity contribution in [3.63, 3.8) is 0 Å². The van der Waals surface area contributed by atoms with E-state index in [0.29, 0.717) is 6.61 Å². The van der Waals surface area contributed by atoms with Crippen LogP contribution >= 0.6 is 0 Å². The van der Waals surface area contributed by atoms with E-state index in [2.05, 4.69) is 32.4 Å². The quantitative estimate of drug-likeness (QED) is 0.685. The van der Waals surface area contributed by atoms with E-state index in [4.69, 9.17) is 9.72 Å². The summed E-state index contributed by atoms with van der Waals surface area (Å²) in [6.07, 6.45) is 10.1. The second-order valence-electron chi connectivity index (χ2n) is 6.55. The standard InChI is InChI=1S/C20H23N5O/c1-16-20-23-13-18(6-11-26-19-5-3-8-22-14-19)25(20)10-9-24(16)15-17-4-2-7-21-12-17/h2-5,7-8,12-14,16H,6,9-11,15H2,1H3. The van der Waals surface area contributed by atoms with E-state index in [-0.39, 0.29) is 6.04 Å². The molecule has 0 fully saturated rings. The smallest absolute Gasteiger partial charge is 0.137 e. The maximum atomic E-state index is 5.78. The highest BCUT2D eigenvalue weighted by Crippen LogP contribution is 2.27. The number of fused-ring (bicyclic) bond motifs is 1. The van der Waals surface area contributed by atoms with Crippen molar-refractivity contribution in [3.8, 4) is 5.75 Å². The number of nitrogens with zero attached hydrogens (tertiary/aromatic N) is 5. The van der Waals surface area contributed by atoms with E-state index >= 15 is 0 Å². The molecule has 6 heteroatoms. The van der Waals surface area contributed by atoms with Crippen molar-refractivity contribution in [2.45, 2.75) is 32.5 Å². The minimum Gasteiger partial charge on any atom is -0.492 e. The highest BCUT2D eigenvalue weighted by atomic mass is 16.5. The molecule has 134 valence electrons. The van der Waals surface area contributed by atoms with Gasteiger partial charge in [0.2, 0.25) is 0 Å². The second kappa shape index (κ2) is 7.66. The van der Waals surface area contributed by atoms with Gasteiger partial charge in [0.25, 0.3) is 0 Å². The molecule has 4 rings (SSSR count). The van der Waals surface area contributed by atoms with Gasteiger partial charge >= 0.3 is 0 Å². The molecule has 3 aromatic rings. The Hall–Kier alpha value is -2.73. The second-order valence-corrected chi connectivity index (χ2v) is 6.55. The van der Waals surface area contributed by atoms with Crippen LogP contribution < -0.4 is 4.74 Å². The van der Waals surface area contributed by atoms with Gasteiger partial charge in [-0.15, -0.1) is 0 Å². The van der Waals surface area contributed by atoms with Crippen molar-refractivity contribution >= 4 is 0 Å². The average molecular weight is 349 g/mol. The van der Waals surface area contributed by atoms with Crippen molar-refractivity contribution in [1.29, 1.82) is 0 Å². The van der Waals surface area contributed by atoms with E-state index in [1.165, 1.54) is 11.3 Å². The topological polar surface area (TPSA) is 56.1 Å². The molecule has 1 atom stereocenters. The first kappa shape index (κ1) is 16.7. The number of pyridine rings is 2. The molecule has 0 aromatic carbocycles. The zero-order chi connectivity index (χ0) is 17.8. The first-order chi connectivity index (χ1) is 12.8. The SMILES string of the molecule is CC1c2ncc(CCOc3cccnc3)n2CCN1Cc1cccnc1. The maximum absolute atomic E-state index is 5.78. The first-order valence-electron chi connectivity index (χ1n) is 9.01. The van der Waals surface area contributed by atoms with Crippen molar-refractivity contribution in [1.82, 2.24) is 24.4 Å². The summed E-state index contributed by atoms with van der Waals surface area (Å²) in [5.41, 5.74) is 2.47. The lowest BCUT2D eigenvalue weighted by Gasteiger charge is -2.34. The van der Waals surface area contributed by atoms with Crippen LogP contribution in [0, 0.1) is 0 Å². The molecule has 0 bridgehead atoms. The molecule has 0 N–H and O–H groups in total. The molecule has 26 heavy (non-hydrogen) atoms. The van der Waals surface area contributed by atoms with Gasteiger partial charge in [0.1, 0.15) is 11.6 Å². The monoisotopic (exact) mass is 349 g/mol. The Morgan fingerprint density at radius 2 is 1.92 bits per heavy atom. The molecule has 0 saturated carbocycles. The first-order valence-corrected chi connectivity index (χ1v) is 9.01. The summed E-state index contributed by atoms with van der Waals surface area (Å²) in [6, 6.07) is 8.22. The summed E-state index contributed by atoms with van der Waals surface area (Å²) in [5.74, 6) is 1.94. The van der Waals surface area contributed by atoms with Gasteiger partial charge in [0, 0.05) is 56.5 Å². The third-order valence-electron chi connectivity index (χ3n) is 4.87. The number of aromatic nitrogens is 4. The van der Waals surface area contributed by atoms with Gasteiger partial charge in [-0.1, -0.05) is 6.07 Å². The molecular weight excluding hydrogens is 326 g/mol. The van der Waals surface area contributed by atoms with Gasteiger partial charge in [-0.05, 0) is 30.7 Å². The number of imidazole rings is 1. The molecule has 3 aromatic heterocycles. The van der Waals surface area contributed by atoms with Crippen LogP contribution in [0.25, 0.3) is 0 Å². The molecule has 6 nitrogen and oxygen atoms in total. The predicted molar refractivity (Wildman–Crippen MR) is 98.7 cm³/mol. The zero-order valence-corrected chi connectivity index (χ0v) is 15.0. The normalized spacial score (nSPS) is 17.0. The number of ether oxygens (including phenoxy) is 1. The molecule has 1 aliphatic heterocycles. The third-order valence-corrected chi connectivity index (χ3v) is 4.87. The van der Waals surface area contributed by atoms with Crippen LogP contribution in [0.1, 0.15) is 30.0 Å². The number of hydrogen-bond donors (Lipinski definition) is 0. The highest BCUT2D eigenvalue weighted by Gasteiger charge is 2.26. The molecule has 4 heterocycles. The fraction of sp³-hybridized carbons (Fsp3) is 0.350. The van der Waals surface area contributed by atoms with Gasteiger partial charge in [-0.3, -0.25) is 14.9 Å². The Bertz CT molecular complexity index is 834. The van der Waals surface area contributed by atoms with E-state index in [0.717, 1.165) is 37.6 Å². The molecule has 0 radical (unpaired) electrons. The average Bonchev–Trinajstić information content (AvgIpc) is 3.10. The fourth-order valence-corrected chi connectivity index (χ4v) is 3.45. The highest BCUT2D eigenvalue weighted by molar-refractivity contribution is 5.16. The maximum Gasteiger partial charge on any atom is 0.137 e. The fourth-order valence-electron chi connectivity index (χ4n) is 3.45. The van der Waals surface area contributed by atoms with Crippen molar-refractivity contribution in [3.05, 3.63) is 72.3 Å². The van der Waals surface area contributed by atoms with Crippen LogP contribution in [0.15, 0.2) is 55.2 Å². The molecule has 1 aliphatic rings. The van der Waals surface area contributed by atoms with Gasteiger partial charge in [-0.25, -0.2) is 4.98 Å². The van der Waals surface area contributed by atoms with E-state index in [9.17, 15) is 0 Å². The predicted octanol–water partition coefficient (Wildman–Crippen LogP) is 2.87. The van der Waals surface area contributed by atoms with E-state index < -0.39 is 0 Å². The summed E-state index contributed by atoms with van der Waals surface area (Å²) in [7, 11) is 0. The Labute approximate surface area is 153 Å². The molecule has 0 aliphatic carbocycles. The van der Waals surface area contributed by atoms with Crippen LogP contribution in [0.5, 0.6) is 5.75 Å². The lowest BCUT2D eigenvalue weighted by molar-refractivity contribution is 0.154. The van der Waals surface area contributed by atoms with Gasteiger partial charge in [0.05, 0.1) is 18.8 Å². The van der Waals surface area contributed by atoms with Gasteiger partial charge in [0.15, 0.2) is 0 Å². The lowest BCUT2D eigenvalue weighted by Crippen LogP contribution is -2.37. The molecule has 0 amide bonds. The number of hydrogen-bond acceptors (Lipinski definition) is 5. The van der Waals surface area contributed by atoms with Crippen LogP contribution in [-0.2, 0) is 19.5 Å². The summed E-state index contributed by atoms with van der Waals surface area (Å²) in [5, 5.41) is 0. The summed E-state index contributed by atoms with van der Waals surface area (Å²) in [6.45, 7) is 5.73. The Morgan fingerprint density at radius 3 is 2.69 bits per heavy atom. The minimum atomic E-state index is 0.289. The third kappa shape index (κ3) is 3.60. The molecule has 0 spiro atoms. The summed E-state index contributed by atoms with van der Waals surface area (Å²) in [4.78, 5) is 15.4. The zero-order valence-electron chi connectivity index (χ0n) is 15.0. The molecule has 0 saturated heterocycles. The van der Waals surface area contributed by atoms with Crippen LogP contribution in [0.4, 0.5) is 0 Å². The molecule has 1 unspecified atom stereocenters. The molecular formula is C20H23N5O. The largest absolute Gasteiger partial charge is 0.492 e. The Morgan fingerprint density at radius 1 is 1.08 bits per heavy atom. The van der Waals surface area contributed by atoms with Crippen LogP contribution in [-0.4, -0.2) is 37.6 Å². The number of rotatable bonds is 6. The minimum absolute atomic E-state index is 0.289. The van der Waals surface area contributed by atoms with Crippen LogP contribution in [0.3, 0.4) is 0 Å². The van der Waals surface area contributed by atoms with E-state index in [1.54, 1.807) is 12.4 Å². The summed E-state index contributed by atoms with van der Waals surface area (Å²) >= 11 is 0. The van der Waals surface area contributed by atoms with Crippen molar-refractivity contribution in [2.24, 2.45) is 0 Å². The van der Waals surface area contributed by atoms with Crippen molar-refractivity contribution in [2.75, 3.05) is 13.2 Å². The van der Waals surface area contributed by atoms with Crippen LogP contribution in [0.2, 0.25) is 0 Å². The van der Waals surface area contributed by atoms with Gasteiger partial charge in [-0.2, -0.15) is 0 Å². The van der Waals surface area contributed by atoms with E-state index in [1.807, 2.05) is 36.8 Å². The van der Waals surface area contributed by atoms with Gasteiger partial charge < -0.3 is 9.30 Å². The lowest BCUT2D eigenvalue weighted by atomic mass is 10.1. The Kier molecular flexibility index (Phi) is 4.93. The summed E-state index contributed by atoms with van der Waals surface area (Å²) < 4.78 is 8.12.